The van der Waals surface area contributed by atoms with Crippen LogP contribution in [-0.4, -0.2) is 6.29 Å². The number of carbonyl (C=O) groups excluding carboxylic acids is 1. The van der Waals surface area contributed by atoms with Gasteiger partial charge in [-0.05, 0) is 6.92 Å². The van der Waals surface area contributed by atoms with Crippen molar-refractivity contribution in [2.75, 3.05) is 0 Å². The third kappa shape index (κ3) is 39.4. The van der Waals surface area contributed by atoms with E-state index < -0.39 is 0 Å². The summed E-state index contributed by atoms with van der Waals surface area (Å²) in [6.45, 7) is 3.24. The largest absolute Gasteiger partial charge is 0.303 e. The Bertz CT molecular complexity index is 34.1. The molecule has 0 aliphatic rings. The molecular weight excluding hydrogens is 277 g/mol. The third-order valence-corrected chi connectivity index (χ3v) is 0.118. The van der Waals surface area contributed by atoms with E-state index in [4.69, 9.17) is 4.79 Å². The zero-order chi connectivity index (χ0) is 6.12. The van der Waals surface area contributed by atoms with Gasteiger partial charge in [-0.1, -0.05) is 0 Å². The van der Waals surface area contributed by atoms with E-state index >= 15 is 0 Å². The summed E-state index contributed by atoms with van der Waals surface area (Å²) in [5, 5.41) is 0. The minimum atomic E-state index is -0.250. The zero-order valence-corrected chi connectivity index (χ0v) is 10.0. The summed E-state index contributed by atoms with van der Waals surface area (Å²) in [6.07, 6.45) is 1.15. The van der Waals surface area contributed by atoms with Crippen LogP contribution in [0.3, 0.4) is 0 Å². The molecule has 0 aromatic rings. The van der Waals surface area contributed by atoms with Gasteiger partial charge >= 0.3 is 40.5 Å². The topological polar surface area (TPSA) is 17.1 Å². The fourth-order valence-corrected chi connectivity index (χ4v) is 0. The first-order valence-corrected chi connectivity index (χ1v) is 15.6. The zero-order valence-electron chi connectivity index (χ0n) is 3.86. The van der Waals surface area contributed by atoms with Gasteiger partial charge in [-0.15, -0.1) is 0 Å². The molecule has 0 aliphatic heterocycles. The van der Waals surface area contributed by atoms with E-state index in [9.17, 15) is 0 Å². The van der Waals surface area contributed by atoms with Crippen molar-refractivity contribution in [1.29, 1.82) is 0 Å². The summed E-state index contributed by atoms with van der Waals surface area (Å²) in [6, 6.07) is 0. The minimum Gasteiger partial charge on any atom is -0.303 e. The Morgan fingerprint density at radius 1 is 1.71 bits per heavy atom. The molecule has 0 unspecified atom stereocenters. The van der Waals surface area contributed by atoms with Gasteiger partial charge in [0.2, 0.25) is 0 Å². The molecule has 0 saturated heterocycles. The first-order valence-electron chi connectivity index (χ1n) is 1.68. The Balaban J connectivity index is 0. The minimum absolute atomic E-state index is 0.250. The number of aldehydes is 1. The molecule has 0 rings (SSSR count). The van der Waals surface area contributed by atoms with E-state index in [2.05, 4.69) is 34.2 Å². The van der Waals surface area contributed by atoms with Gasteiger partial charge in [0.05, 0.1) is 0 Å². The second-order valence-electron chi connectivity index (χ2n) is 0.556. The van der Waals surface area contributed by atoms with Crippen molar-refractivity contribution in [3.8, 4) is 0 Å². The molecule has 0 bridgehead atoms. The maximum atomic E-state index is 9.11. The van der Waals surface area contributed by atoms with Crippen LogP contribution >= 0.6 is 27.2 Å². The van der Waals surface area contributed by atoms with Crippen LogP contribution in [0.2, 0.25) is 0 Å². The van der Waals surface area contributed by atoms with Crippen LogP contribution < -0.4 is 0 Å². The van der Waals surface area contributed by atoms with Gasteiger partial charge in [0.15, 0.2) is 0 Å². The number of halogens is 2. The van der Waals surface area contributed by atoms with Crippen molar-refractivity contribution in [2.45, 2.75) is 6.42 Å². The molecule has 0 atom stereocenters. The first-order chi connectivity index (χ1) is 3.33. The summed E-state index contributed by atoms with van der Waals surface area (Å²) < 4.78 is 0. The molecule has 0 N–H and O–H groups in total. The quantitative estimate of drug-likeness (QED) is 0.532. The van der Waals surface area contributed by atoms with Crippen LogP contribution in [0, 0.1) is 6.92 Å². The normalized spacial score (nSPS) is 5.00. The monoisotopic (exact) mass is 279 g/mol. The second-order valence-corrected chi connectivity index (χ2v) is 14.6. The molecule has 1 radical (unpaired) electrons. The fourth-order valence-electron chi connectivity index (χ4n) is 0. The average Bonchev–Trinajstić information content (AvgIpc) is 1.69. The molecule has 0 aliphatic carbocycles. The van der Waals surface area contributed by atoms with Gasteiger partial charge in [0.1, 0.15) is 6.29 Å². The second kappa shape index (κ2) is 15.7. The molecule has 7 heavy (non-hydrogen) atoms. The van der Waals surface area contributed by atoms with Gasteiger partial charge in [0, 0.05) is 6.42 Å². The molecular formula is C3H5Br2OZn. The fraction of sp³-hybridized carbons (Fsp3) is 0.333. The molecule has 1 nitrogen and oxygen atoms in total. The van der Waals surface area contributed by atoms with Crippen LogP contribution in [-0.2, 0) is 18.0 Å². The summed E-state index contributed by atoms with van der Waals surface area (Å²) in [7, 11) is 0. The van der Waals surface area contributed by atoms with E-state index in [-0.39, 0.29) is 13.2 Å². The molecule has 0 amide bonds. The van der Waals surface area contributed by atoms with Crippen LogP contribution in [0.1, 0.15) is 6.42 Å². The van der Waals surface area contributed by atoms with Gasteiger partial charge in [0.25, 0.3) is 0 Å². The number of carbonyl (C=O) groups is 1. The van der Waals surface area contributed by atoms with E-state index in [0.717, 1.165) is 6.29 Å². The summed E-state index contributed by atoms with van der Waals surface area (Å²) in [5.41, 5.74) is 0. The Morgan fingerprint density at radius 3 is 1.86 bits per heavy atom. The predicted molar refractivity (Wildman–Crippen MR) is 33.9 cm³/mol. The molecule has 0 saturated carbocycles. The van der Waals surface area contributed by atoms with E-state index in [1.54, 1.807) is 0 Å². The number of hydrogen-bond acceptors (Lipinski definition) is 1. The van der Waals surface area contributed by atoms with Gasteiger partial charge in [-0.3, -0.25) is 0 Å². The van der Waals surface area contributed by atoms with Gasteiger partial charge in [-0.25, -0.2) is 0 Å². The van der Waals surface area contributed by atoms with Crippen LogP contribution in [0.5, 0.6) is 0 Å². The molecule has 0 fully saturated rings. The van der Waals surface area contributed by atoms with E-state index in [1.807, 2.05) is 0 Å². The molecule has 0 heterocycles. The van der Waals surface area contributed by atoms with Crippen molar-refractivity contribution >= 4 is 33.5 Å². The molecule has 0 aromatic carbocycles. The van der Waals surface area contributed by atoms with Crippen molar-refractivity contribution < 1.29 is 18.0 Å². The molecule has 0 aromatic heterocycles. The van der Waals surface area contributed by atoms with E-state index in [1.165, 1.54) is 0 Å². The Labute approximate surface area is 64.6 Å². The summed E-state index contributed by atoms with van der Waals surface area (Å²) in [4.78, 5) is 9.11. The Hall–Kier alpha value is 1.25. The van der Waals surface area contributed by atoms with Crippen molar-refractivity contribution in [3.05, 3.63) is 6.92 Å². The van der Waals surface area contributed by atoms with Crippen LogP contribution in [0.15, 0.2) is 0 Å². The Morgan fingerprint density at radius 2 is 1.86 bits per heavy atom. The first kappa shape index (κ1) is 11.1. The van der Waals surface area contributed by atoms with Crippen molar-refractivity contribution in [3.63, 3.8) is 0 Å². The summed E-state index contributed by atoms with van der Waals surface area (Å²) in [5.74, 6) is 0. The van der Waals surface area contributed by atoms with Crippen molar-refractivity contribution in [2.24, 2.45) is 0 Å². The summed E-state index contributed by atoms with van der Waals surface area (Å²) >= 11 is 6.25. The number of rotatable bonds is 1. The maximum Gasteiger partial charge on any atom is 0.119 e. The van der Waals surface area contributed by atoms with Gasteiger partial charge in [-0.2, -0.15) is 0 Å². The van der Waals surface area contributed by atoms with Crippen LogP contribution in [0.25, 0.3) is 0 Å². The third-order valence-electron chi connectivity index (χ3n) is 0.118. The standard InChI is InChI=1S/C3H5O.2BrH.Zn/c1-2-3-4;;;/h3H,1-2H2;2*1H;/q;;;+2/p-2. The molecule has 4 heteroatoms. The number of hydrogen-bond donors (Lipinski definition) is 0. The molecule has 39 valence electrons. The SMILES string of the molecule is [Br][Zn][Br].[CH2]CC=O. The van der Waals surface area contributed by atoms with Crippen molar-refractivity contribution in [1.82, 2.24) is 0 Å². The Kier molecular flexibility index (Phi) is 24.9. The van der Waals surface area contributed by atoms with Crippen LogP contribution in [0.4, 0.5) is 0 Å². The van der Waals surface area contributed by atoms with Gasteiger partial charge < -0.3 is 4.79 Å². The van der Waals surface area contributed by atoms with E-state index in [0.29, 0.717) is 6.42 Å². The smallest absolute Gasteiger partial charge is 0.119 e. The predicted octanol–water partition coefficient (Wildman–Crippen LogP) is 2.10. The average molecular weight is 282 g/mol. The maximum absolute atomic E-state index is 9.11. The molecule has 0 spiro atoms.